The number of carbonyl (C=O) groups is 1. The van der Waals surface area contributed by atoms with E-state index in [-0.39, 0.29) is 18.2 Å². The van der Waals surface area contributed by atoms with Crippen molar-refractivity contribution >= 4 is 11.7 Å². The van der Waals surface area contributed by atoms with Gasteiger partial charge in [0.05, 0.1) is 23.5 Å². The van der Waals surface area contributed by atoms with Crippen molar-refractivity contribution in [3.8, 4) is 0 Å². The van der Waals surface area contributed by atoms with Gasteiger partial charge in [0.2, 0.25) is 0 Å². The summed E-state index contributed by atoms with van der Waals surface area (Å²) in [6.07, 6.45) is 0.938. The van der Waals surface area contributed by atoms with Crippen molar-refractivity contribution in [3.63, 3.8) is 0 Å². The van der Waals surface area contributed by atoms with Crippen LogP contribution in [0.3, 0.4) is 0 Å². The van der Waals surface area contributed by atoms with Gasteiger partial charge >= 0.3 is 6.03 Å². The Balaban J connectivity index is 1.94. The highest BCUT2D eigenvalue weighted by Gasteiger charge is 2.25. The topological polar surface area (TPSA) is 63.2 Å². The van der Waals surface area contributed by atoms with E-state index in [0.29, 0.717) is 6.61 Å². The molecule has 5 nitrogen and oxygen atoms in total. The number of nitrogens with one attached hydrogen (secondary N) is 2. The summed E-state index contributed by atoms with van der Waals surface area (Å²) in [5.74, 6) is 0. The third-order valence-electron chi connectivity index (χ3n) is 3.17. The fraction of sp³-hybridized carbons (Fsp3) is 0.538. The lowest BCUT2D eigenvalue weighted by Gasteiger charge is -2.17. The number of amides is 2. The second-order valence-electron chi connectivity index (χ2n) is 4.66. The second-order valence-corrected chi connectivity index (χ2v) is 4.66. The van der Waals surface area contributed by atoms with Gasteiger partial charge in [-0.3, -0.25) is 4.98 Å². The molecule has 98 valence electrons. The van der Waals surface area contributed by atoms with Crippen LogP contribution in [0, 0.1) is 13.8 Å². The summed E-state index contributed by atoms with van der Waals surface area (Å²) < 4.78 is 5.40. The van der Waals surface area contributed by atoms with Gasteiger partial charge in [-0.2, -0.15) is 0 Å². The molecule has 1 aromatic rings. The molecule has 1 saturated heterocycles. The quantitative estimate of drug-likeness (QED) is 0.842. The Labute approximate surface area is 107 Å². The number of hydrogen-bond acceptors (Lipinski definition) is 3. The Morgan fingerprint density at radius 1 is 1.44 bits per heavy atom. The molecule has 0 radical (unpaired) electrons. The monoisotopic (exact) mass is 249 g/mol. The molecule has 0 aliphatic carbocycles. The highest BCUT2D eigenvalue weighted by atomic mass is 16.5. The molecule has 2 N–H and O–H groups in total. The Kier molecular flexibility index (Phi) is 3.81. The van der Waals surface area contributed by atoms with Gasteiger partial charge in [-0.15, -0.1) is 0 Å². The summed E-state index contributed by atoms with van der Waals surface area (Å²) in [4.78, 5) is 16.2. The van der Waals surface area contributed by atoms with E-state index in [0.717, 1.165) is 23.5 Å². The Bertz CT molecular complexity index is 448. The number of carbonyl (C=O) groups excluding carboxylic acids is 1. The standard InChI is InChI=1S/C13H19N3O2/c1-8-4-5-11(9(2)14-8)15-13(17)16-12-6-7-18-10(12)3/h4-5,10,12H,6-7H2,1-3H3,(H2,15,16,17)/t10-,12-/m1/s1. The van der Waals surface area contributed by atoms with E-state index in [4.69, 9.17) is 4.74 Å². The van der Waals surface area contributed by atoms with Crippen molar-refractivity contribution < 1.29 is 9.53 Å². The molecule has 5 heteroatoms. The molecule has 1 aliphatic rings. The SMILES string of the molecule is Cc1ccc(NC(=O)N[C@@H]2CCO[C@@H]2C)c(C)n1. The summed E-state index contributed by atoms with van der Waals surface area (Å²) in [7, 11) is 0. The smallest absolute Gasteiger partial charge is 0.319 e. The molecule has 0 bridgehead atoms. The molecule has 2 amide bonds. The van der Waals surface area contributed by atoms with Crippen molar-refractivity contribution in [2.75, 3.05) is 11.9 Å². The van der Waals surface area contributed by atoms with Crippen molar-refractivity contribution in [1.82, 2.24) is 10.3 Å². The van der Waals surface area contributed by atoms with E-state index >= 15 is 0 Å². The third-order valence-corrected chi connectivity index (χ3v) is 3.17. The van der Waals surface area contributed by atoms with E-state index in [2.05, 4.69) is 15.6 Å². The average Bonchev–Trinajstić information content (AvgIpc) is 2.69. The number of rotatable bonds is 2. The van der Waals surface area contributed by atoms with Crippen molar-refractivity contribution in [2.24, 2.45) is 0 Å². The molecule has 0 unspecified atom stereocenters. The molecule has 1 aliphatic heterocycles. The average molecular weight is 249 g/mol. The van der Waals surface area contributed by atoms with Gasteiger partial charge in [0.1, 0.15) is 0 Å². The van der Waals surface area contributed by atoms with E-state index in [1.165, 1.54) is 0 Å². The van der Waals surface area contributed by atoms with Gasteiger partial charge in [0.15, 0.2) is 0 Å². The van der Waals surface area contributed by atoms with E-state index in [1.807, 2.05) is 32.9 Å². The van der Waals surface area contributed by atoms with Gasteiger partial charge in [-0.25, -0.2) is 4.79 Å². The highest BCUT2D eigenvalue weighted by molar-refractivity contribution is 5.90. The number of nitrogens with zero attached hydrogens (tertiary/aromatic N) is 1. The van der Waals surface area contributed by atoms with Crippen LogP contribution in [0.25, 0.3) is 0 Å². The van der Waals surface area contributed by atoms with Gasteiger partial charge < -0.3 is 15.4 Å². The van der Waals surface area contributed by atoms with Crippen LogP contribution in [-0.4, -0.2) is 29.8 Å². The maximum Gasteiger partial charge on any atom is 0.319 e. The van der Waals surface area contributed by atoms with Crippen LogP contribution < -0.4 is 10.6 Å². The lowest BCUT2D eigenvalue weighted by Crippen LogP contribution is -2.41. The second kappa shape index (κ2) is 5.35. The molecule has 2 rings (SSSR count). The summed E-state index contributed by atoms with van der Waals surface area (Å²) in [5, 5.41) is 5.73. The first-order valence-corrected chi connectivity index (χ1v) is 6.19. The zero-order chi connectivity index (χ0) is 13.1. The molecule has 0 aromatic carbocycles. The number of anilines is 1. The summed E-state index contributed by atoms with van der Waals surface area (Å²) in [6.45, 7) is 6.48. The molecule has 18 heavy (non-hydrogen) atoms. The van der Waals surface area contributed by atoms with Gasteiger partial charge in [-0.1, -0.05) is 0 Å². The van der Waals surface area contributed by atoms with Crippen molar-refractivity contribution in [3.05, 3.63) is 23.5 Å². The van der Waals surface area contributed by atoms with Crippen molar-refractivity contribution in [1.29, 1.82) is 0 Å². The first kappa shape index (κ1) is 12.8. The fourth-order valence-electron chi connectivity index (χ4n) is 2.07. The highest BCUT2D eigenvalue weighted by Crippen LogP contribution is 2.15. The summed E-state index contributed by atoms with van der Waals surface area (Å²) >= 11 is 0. The lowest BCUT2D eigenvalue weighted by molar-refractivity contribution is 0.114. The van der Waals surface area contributed by atoms with Crippen LogP contribution in [-0.2, 0) is 4.74 Å². The number of urea groups is 1. The number of aryl methyl sites for hydroxylation is 2. The van der Waals surface area contributed by atoms with E-state index in [9.17, 15) is 4.79 Å². The Hall–Kier alpha value is -1.62. The minimum absolute atomic E-state index is 0.0768. The van der Waals surface area contributed by atoms with Gasteiger partial charge in [-0.05, 0) is 39.3 Å². The van der Waals surface area contributed by atoms with Crippen LogP contribution in [0.15, 0.2) is 12.1 Å². The largest absolute Gasteiger partial charge is 0.376 e. The molecule has 0 saturated carbocycles. The number of ether oxygens (including phenoxy) is 1. The van der Waals surface area contributed by atoms with Crippen LogP contribution in [0.1, 0.15) is 24.7 Å². The van der Waals surface area contributed by atoms with E-state index < -0.39 is 0 Å². The molecule has 1 aromatic heterocycles. The minimum Gasteiger partial charge on any atom is -0.376 e. The predicted octanol–water partition coefficient (Wildman–Crippen LogP) is 2.00. The molecular formula is C13H19N3O2. The van der Waals surface area contributed by atoms with E-state index in [1.54, 1.807) is 0 Å². The maximum atomic E-state index is 11.8. The fourth-order valence-corrected chi connectivity index (χ4v) is 2.07. The predicted molar refractivity (Wildman–Crippen MR) is 69.7 cm³/mol. The zero-order valence-electron chi connectivity index (χ0n) is 11.0. The molecule has 2 heterocycles. The van der Waals surface area contributed by atoms with Crippen LogP contribution in [0.5, 0.6) is 0 Å². The maximum absolute atomic E-state index is 11.8. The van der Waals surface area contributed by atoms with Crippen LogP contribution in [0.2, 0.25) is 0 Å². The molecule has 1 fully saturated rings. The minimum atomic E-state index is -0.203. The Morgan fingerprint density at radius 3 is 2.83 bits per heavy atom. The molecule has 2 atom stereocenters. The van der Waals surface area contributed by atoms with Crippen LogP contribution >= 0.6 is 0 Å². The summed E-state index contributed by atoms with van der Waals surface area (Å²) in [5.41, 5.74) is 2.50. The number of hydrogen-bond donors (Lipinski definition) is 2. The van der Waals surface area contributed by atoms with Crippen molar-refractivity contribution in [2.45, 2.75) is 39.3 Å². The first-order valence-electron chi connectivity index (χ1n) is 6.19. The lowest BCUT2D eigenvalue weighted by atomic mass is 10.2. The van der Waals surface area contributed by atoms with Gasteiger partial charge in [0.25, 0.3) is 0 Å². The van der Waals surface area contributed by atoms with Gasteiger partial charge in [0, 0.05) is 12.3 Å². The molecular weight excluding hydrogens is 230 g/mol. The zero-order valence-corrected chi connectivity index (χ0v) is 11.0. The molecule has 0 spiro atoms. The number of pyridine rings is 1. The third kappa shape index (κ3) is 2.98. The van der Waals surface area contributed by atoms with Crippen LogP contribution in [0.4, 0.5) is 10.5 Å². The first-order chi connectivity index (χ1) is 8.56. The Morgan fingerprint density at radius 2 is 2.22 bits per heavy atom. The summed E-state index contributed by atoms with van der Waals surface area (Å²) in [6, 6.07) is 3.63. The normalized spacial score (nSPS) is 22.8. The number of aromatic nitrogens is 1.